The molecule has 1 fully saturated rings. The van der Waals surface area contributed by atoms with Crippen molar-refractivity contribution in [3.05, 3.63) is 30.3 Å². The Morgan fingerprint density at radius 1 is 1.33 bits per heavy atom. The van der Waals surface area contributed by atoms with Gasteiger partial charge >= 0.3 is 0 Å². The first-order valence-corrected chi connectivity index (χ1v) is 5.37. The summed E-state index contributed by atoms with van der Waals surface area (Å²) in [5.74, 6) is 0.454. The molecule has 2 N–H and O–H groups in total. The van der Waals surface area contributed by atoms with Gasteiger partial charge in [-0.05, 0) is 12.1 Å². The monoisotopic (exact) mass is 206 g/mol. The van der Waals surface area contributed by atoms with Gasteiger partial charge in [0.15, 0.2) is 0 Å². The fourth-order valence-corrected chi connectivity index (χ4v) is 1.94. The van der Waals surface area contributed by atoms with Crippen molar-refractivity contribution >= 4 is 5.69 Å². The molecule has 1 aliphatic heterocycles. The fourth-order valence-electron chi connectivity index (χ4n) is 1.94. The molecule has 0 bridgehead atoms. The zero-order valence-electron chi connectivity index (χ0n) is 9.10. The van der Waals surface area contributed by atoms with Crippen molar-refractivity contribution in [3.63, 3.8) is 0 Å². The van der Waals surface area contributed by atoms with Gasteiger partial charge in [0, 0.05) is 31.2 Å². The third-order valence-corrected chi connectivity index (χ3v) is 2.95. The predicted octanol–water partition coefficient (Wildman–Crippen LogP) is 1.10. The quantitative estimate of drug-likeness (QED) is 0.804. The summed E-state index contributed by atoms with van der Waals surface area (Å²) in [6, 6.07) is 10.6. The number of ether oxygens (including phenoxy) is 1. The molecule has 2 atom stereocenters. The highest BCUT2D eigenvalue weighted by molar-refractivity contribution is 5.45. The minimum Gasteiger partial charge on any atom is -0.379 e. The Balaban J connectivity index is 1.95. The Labute approximate surface area is 90.8 Å². The smallest absolute Gasteiger partial charge is 0.0621 e. The number of hydrogen-bond donors (Lipinski definition) is 1. The lowest BCUT2D eigenvalue weighted by Gasteiger charge is -2.24. The highest BCUT2D eigenvalue weighted by atomic mass is 16.5. The van der Waals surface area contributed by atoms with Crippen LogP contribution in [0.1, 0.15) is 0 Å². The van der Waals surface area contributed by atoms with Crippen LogP contribution in [-0.4, -0.2) is 32.8 Å². The van der Waals surface area contributed by atoms with Gasteiger partial charge in [-0.3, -0.25) is 0 Å². The van der Waals surface area contributed by atoms with E-state index in [1.54, 1.807) is 0 Å². The molecule has 15 heavy (non-hydrogen) atoms. The second-order valence-electron chi connectivity index (χ2n) is 4.18. The molecule has 0 radical (unpaired) electrons. The molecular weight excluding hydrogens is 188 g/mol. The topological polar surface area (TPSA) is 38.5 Å². The van der Waals surface area contributed by atoms with Crippen LogP contribution in [0.25, 0.3) is 0 Å². The van der Waals surface area contributed by atoms with Gasteiger partial charge in [0.05, 0.1) is 13.2 Å². The number of para-hydroxylation sites is 1. The largest absolute Gasteiger partial charge is 0.379 e. The molecule has 82 valence electrons. The molecule has 3 heteroatoms. The Morgan fingerprint density at radius 2 is 2.07 bits per heavy atom. The molecule has 2 rings (SSSR count). The third-order valence-electron chi connectivity index (χ3n) is 2.95. The maximum absolute atomic E-state index is 5.95. The number of rotatable bonds is 3. The van der Waals surface area contributed by atoms with Crippen molar-refractivity contribution in [1.29, 1.82) is 0 Å². The van der Waals surface area contributed by atoms with E-state index >= 15 is 0 Å². The van der Waals surface area contributed by atoms with Crippen LogP contribution in [0.15, 0.2) is 30.3 Å². The summed E-state index contributed by atoms with van der Waals surface area (Å²) in [6.07, 6.45) is 0. The van der Waals surface area contributed by atoms with Crippen molar-refractivity contribution in [2.24, 2.45) is 11.7 Å². The maximum atomic E-state index is 5.95. The molecule has 3 nitrogen and oxygen atoms in total. The van der Waals surface area contributed by atoms with Crippen LogP contribution in [0.5, 0.6) is 0 Å². The fraction of sp³-hybridized carbons (Fsp3) is 0.500. The van der Waals surface area contributed by atoms with E-state index in [-0.39, 0.29) is 6.04 Å². The highest BCUT2D eigenvalue weighted by Gasteiger charge is 2.25. The average molecular weight is 206 g/mol. The lowest BCUT2D eigenvalue weighted by molar-refractivity contribution is 0.185. The number of benzene rings is 1. The van der Waals surface area contributed by atoms with Gasteiger partial charge in [-0.2, -0.15) is 0 Å². The minimum atomic E-state index is 0.191. The summed E-state index contributed by atoms with van der Waals surface area (Å²) >= 11 is 0. The second kappa shape index (κ2) is 4.64. The molecule has 1 aromatic carbocycles. The highest BCUT2D eigenvalue weighted by Crippen LogP contribution is 2.17. The zero-order chi connectivity index (χ0) is 10.7. The van der Waals surface area contributed by atoms with Crippen molar-refractivity contribution in [1.82, 2.24) is 0 Å². The molecule has 0 saturated carbocycles. The van der Waals surface area contributed by atoms with E-state index in [4.69, 9.17) is 10.5 Å². The van der Waals surface area contributed by atoms with E-state index in [0.717, 1.165) is 13.2 Å². The summed E-state index contributed by atoms with van der Waals surface area (Å²) < 4.78 is 5.35. The molecule has 1 saturated heterocycles. The molecule has 1 aromatic rings. The van der Waals surface area contributed by atoms with E-state index in [2.05, 4.69) is 36.2 Å². The molecule has 0 aromatic heterocycles. The van der Waals surface area contributed by atoms with E-state index in [9.17, 15) is 0 Å². The lowest BCUT2D eigenvalue weighted by Crippen LogP contribution is -2.36. The number of hydrogen-bond acceptors (Lipinski definition) is 3. The van der Waals surface area contributed by atoms with Crippen LogP contribution in [0, 0.1) is 5.92 Å². The van der Waals surface area contributed by atoms with Crippen molar-refractivity contribution < 1.29 is 4.74 Å². The molecule has 2 unspecified atom stereocenters. The van der Waals surface area contributed by atoms with Crippen LogP contribution in [-0.2, 0) is 4.74 Å². The number of nitrogens with zero attached hydrogens (tertiary/aromatic N) is 1. The van der Waals surface area contributed by atoms with E-state index in [1.807, 2.05) is 6.07 Å². The molecule has 0 aliphatic carbocycles. The van der Waals surface area contributed by atoms with Gasteiger partial charge in [-0.15, -0.1) is 0 Å². The molecular formula is C12H18N2O. The van der Waals surface area contributed by atoms with E-state index in [1.165, 1.54) is 5.69 Å². The van der Waals surface area contributed by atoms with Gasteiger partial charge in [-0.25, -0.2) is 0 Å². The Morgan fingerprint density at radius 3 is 2.67 bits per heavy atom. The van der Waals surface area contributed by atoms with Crippen molar-refractivity contribution in [2.75, 3.05) is 31.7 Å². The summed E-state index contributed by atoms with van der Waals surface area (Å²) in [4.78, 5) is 2.24. The zero-order valence-corrected chi connectivity index (χ0v) is 9.10. The standard InChI is InChI=1S/C12H18N2O/c1-14(11-5-3-2-4-6-11)7-10-8-15-9-12(10)13/h2-6,10,12H,7-9,13H2,1H3. The van der Waals surface area contributed by atoms with Crippen LogP contribution in [0.3, 0.4) is 0 Å². The van der Waals surface area contributed by atoms with Gasteiger partial charge in [0.1, 0.15) is 0 Å². The number of anilines is 1. The molecule has 0 amide bonds. The SMILES string of the molecule is CN(CC1COCC1N)c1ccccc1. The van der Waals surface area contributed by atoms with E-state index in [0.29, 0.717) is 12.5 Å². The van der Waals surface area contributed by atoms with Crippen LogP contribution in [0.2, 0.25) is 0 Å². The van der Waals surface area contributed by atoms with Gasteiger partial charge in [-0.1, -0.05) is 18.2 Å². The van der Waals surface area contributed by atoms with Crippen LogP contribution >= 0.6 is 0 Å². The first-order valence-electron chi connectivity index (χ1n) is 5.37. The van der Waals surface area contributed by atoms with Gasteiger partial charge in [0.2, 0.25) is 0 Å². The summed E-state index contributed by atoms with van der Waals surface area (Å²) in [6.45, 7) is 2.46. The summed E-state index contributed by atoms with van der Waals surface area (Å²) in [7, 11) is 2.10. The number of nitrogens with two attached hydrogens (primary N) is 1. The Bertz CT molecular complexity index is 302. The molecule has 1 heterocycles. The minimum absolute atomic E-state index is 0.191. The van der Waals surface area contributed by atoms with Gasteiger partial charge in [0.25, 0.3) is 0 Å². The van der Waals surface area contributed by atoms with E-state index < -0.39 is 0 Å². The Kier molecular flexibility index (Phi) is 3.23. The maximum Gasteiger partial charge on any atom is 0.0621 e. The normalized spacial score (nSPS) is 25.5. The lowest BCUT2D eigenvalue weighted by atomic mass is 10.0. The second-order valence-corrected chi connectivity index (χ2v) is 4.18. The Hall–Kier alpha value is -1.06. The molecule has 1 aliphatic rings. The first-order chi connectivity index (χ1) is 7.27. The van der Waals surface area contributed by atoms with Gasteiger partial charge < -0.3 is 15.4 Å². The summed E-state index contributed by atoms with van der Waals surface area (Å²) in [5.41, 5.74) is 7.19. The van der Waals surface area contributed by atoms with Crippen molar-refractivity contribution in [3.8, 4) is 0 Å². The molecule has 0 spiro atoms. The van der Waals surface area contributed by atoms with Crippen LogP contribution < -0.4 is 10.6 Å². The third kappa shape index (κ3) is 2.49. The first kappa shape index (κ1) is 10.5. The van der Waals surface area contributed by atoms with Crippen molar-refractivity contribution in [2.45, 2.75) is 6.04 Å². The average Bonchev–Trinajstić information content (AvgIpc) is 2.66. The van der Waals surface area contributed by atoms with Crippen LogP contribution in [0.4, 0.5) is 5.69 Å². The predicted molar refractivity (Wildman–Crippen MR) is 62.0 cm³/mol. The summed E-state index contributed by atoms with van der Waals surface area (Å²) in [5, 5.41) is 0.